The van der Waals surface area contributed by atoms with Gasteiger partial charge in [-0.2, -0.15) is 0 Å². The lowest BCUT2D eigenvalue weighted by molar-refractivity contribution is 0.177. The third kappa shape index (κ3) is 2.59. The van der Waals surface area contributed by atoms with Crippen LogP contribution in [-0.4, -0.2) is 32.3 Å². The van der Waals surface area contributed by atoms with Gasteiger partial charge in [-0.05, 0) is 6.42 Å². The molecule has 0 radical (unpaired) electrons. The molecule has 3 N–H and O–H groups in total. The van der Waals surface area contributed by atoms with Crippen molar-refractivity contribution in [3.05, 3.63) is 12.7 Å². The quantitative estimate of drug-likeness (QED) is 0.576. The smallest absolute Gasteiger partial charge is 0.0510 e. The Kier molecular flexibility index (Phi) is 4.29. The zero-order chi connectivity index (χ0) is 8.81. The molecule has 3 heteroatoms. The van der Waals surface area contributed by atoms with E-state index in [2.05, 4.69) is 11.9 Å². The van der Waals surface area contributed by atoms with Crippen molar-refractivity contribution in [1.82, 2.24) is 5.32 Å². The summed E-state index contributed by atoms with van der Waals surface area (Å²) in [6.45, 7) is 6.91. The molecule has 0 amide bonds. The van der Waals surface area contributed by atoms with E-state index in [1.807, 2.05) is 6.08 Å². The van der Waals surface area contributed by atoms with Crippen LogP contribution in [0.3, 0.4) is 0 Å². The van der Waals surface area contributed by atoms with E-state index in [4.69, 9.17) is 10.5 Å². The molecule has 0 bridgehead atoms. The number of hydrogen-bond acceptors (Lipinski definition) is 3. The van der Waals surface area contributed by atoms with Gasteiger partial charge in [-0.15, -0.1) is 6.58 Å². The lowest BCUT2D eigenvalue weighted by Gasteiger charge is -2.21. The maximum atomic E-state index is 5.64. The van der Waals surface area contributed by atoms with E-state index in [1.54, 1.807) is 0 Å². The van der Waals surface area contributed by atoms with E-state index in [1.165, 1.54) is 0 Å². The first-order valence-electron chi connectivity index (χ1n) is 4.50. The molecular weight excluding hydrogens is 152 g/mol. The Balaban J connectivity index is 2.27. The summed E-state index contributed by atoms with van der Waals surface area (Å²) >= 11 is 0. The summed E-state index contributed by atoms with van der Waals surface area (Å²) in [5.74, 6) is 0.593. The van der Waals surface area contributed by atoms with Crippen LogP contribution in [0.1, 0.15) is 6.42 Å². The standard InChI is InChI=1S/C9H18N2O/c1-2-4-11-9(6-10)8-3-5-12-7-8/h2,8-9,11H,1,3-7,10H2. The summed E-state index contributed by atoms with van der Waals surface area (Å²) < 4.78 is 5.30. The normalized spacial score (nSPS) is 25.6. The van der Waals surface area contributed by atoms with Gasteiger partial charge in [0.1, 0.15) is 0 Å². The maximum absolute atomic E-state index is 5.64. The molecule has 0 aromatic heterocycles. The highest BCUT2D eigenvalue weighted by atomic mass is 16.5. The fourth-order valence-electron chi connectivity index (χ4n) is 1.55. The van der Waals surface area contributed by atoms with Gasteiger partial charge in [-0.25, -0.2) is 0 Å². The molecule has 0 aromatic carbocycles. The highest BCUT2D eigenvalue weighted by molar-refractivity contribution is 4.83. The van der Waals surface area contributed by atoms with Crippen molar-refractivity contribution in [1.29, 1.82) is 0 Å². The summed E-state index contributed by atoms with van der Waals surface area (Å²) in [5, 5.41) is 3.34. The van der Waals surface area contributed by atoms with Gasteiger partial charge in [0, 0.05) is 31.7 Å². The van der Waals surface area contributed by atoms with Crippen LogP contribution in [0, 0.1) is 5.92 Å². The second kappa shape index (κ2) is 5.30. The Bertz CT molecular complexity index is 132. The number of hydrogen-bond donors (Lipinski definition) is 2. The summed E-state index contributed by atoms with van der Waals surface area (Å²) in [7, 11) is 0. The number of nitrogens with one attached hydrogen (secondary N) is 1. The molecule has 1 heterocycles. The van der Waals surface area contributed by atoms with Gasteiger partial charge in [-0.3, -0.25) is 0 Å². The third-order valence-corrected chi connectivity index (χ3v) is 2.31. The molecule has 1 rings (SSSR count). The zero-order valence-electron chi connectivity index (χ0n) is 7.46. The minimum atomic E-state index is 0.394. The molecule has 2 unspecified atom stereocenters. The lowest BCUT2D eigenvalue weighted by atomic mass is 9.99. The predicted molar refractivity (Wildman–Crippen MR) is 50.0 cm³/mol. The first-order valence-corrected chi connectivity index (χ1v) is 4.50. The fourth-order valence-corrected chi connectivity index (χ4v) is 1.55. The van der Waals surface area contributed by atoms with Crippen molar-refractivity contribution in [2.24, 2.45) is 11.7 Å². The van der Waals surface area contributed by atoms with Gasteiger partial charge in [0.15, 0.2) is 0 Å². The Morgan fingerprint density at radius 2 is 2.58 bits per heavy atom. The largest absolute Gasteiger partial charge is 0.381 e. The Labute approximate surface area is 74.0 Å². The van der Waals surface area contributed by atoms with Crippen molar-refractivity contribution >= 4 is 0 Å². The van der Waals surface area contributed by atoms with Crippen LogP contribution in [-0.2, 0) is 4.74 Å². The van der Waals surface area contributed by atoms with Crippen molar-refractivity contribution in [3.63, 3.8) is 0 Å². The highest BCUT2D eigenvalue weighted by Gasteiger charge is 2.23. The van der Waals surface area contributed by atoms with Crippen LogP contribution in [0.4, 0.5) is 0 Å². The molecule has 1 fully saturated rings. The maximum Gasteiger partial charge on any atom is 0.0510 e. The molecule has 0 spiro atoms. The summed E-state index contributed by atoms with van der Waals surface area (Å²) in [6, 6.07) is 0.394. The summed E-state index contributed by atoms with van der Waals surface area (Å²) in [6.07, 6.45) is 2.99. The molecule has 2 atom stereocenters. The topological polar surface area (TPSA) is 47.3 Å². The minimum Gasteiger partial charge on any atom is -0.381 e. The Morgan fingerprint density at radius 3 is 3.08 bits per heavy atom. The van der Waals surface area contributed by atoms with E-state index in [0.29, 0.717) is 18.5 Å². The van der Waals surface area contributed by atoms with Gasteiger partial charge >= 0.3 is 0 Å². The van der Waals surface area contributed by atoms with Crippen LogP contribution in [0.15, 0.2) is 12.7 Å². The summed E-state index contributed by atoms with van der Waals surface area (Å²) in [5.41, 5.74) is 5.64. The van der Waals surface area contributed by atoms with Crippen molar-refractivity contribution < 1.29 is 4.74 Å². The van der Waals surface area contributed by atoms with Crippen molar-refractivity contribution in [2.45, 2.75) is 12.5 Å². The van der Waals surface area contributed by atoms with E-state index < -0.39 is 0 Å². The van der Waals surface area contributed by atoms with Gasteiger partial charge in [0.25, 0.3) is 0 Å². The molecule has 0 aromatic rings. The van der Waals surface area contributed by atoms with Crippen molar-refractivity contribution in [2.75, 3.05) is 26.3 Å². The van der Waals surface area contributed by atoms with Crippen LogP contribution < -0.4 is 11.1 Å². The molecule has 12 heavy (non-hydrogen) atoms. The Morgan fingerprint density at radius 1 is 1.75 bits per heavy atom. The third-order valence-electron chi connectivity index (χ3n) is 2.31. The molecular formula is C9H18N2O. The second-order valence-corrected chi connectivity index (χ2v) is 3.16. The van der Waals surface area contributed by atoms with Gasteiger partial charge < -0.3 is 15.8 Å². The van der Waals surface area contributed by atoms with Gasteiger partial charge in [0.05, 0.1) is 6.61 Å². The van der Waals surface area contributed by atoms with Crippen LogP contribution in [0.2, 0.25) is 0 Å². The van der Waals surface area contributed by atoms with Crippen LogP contribution in [0.5, 0.6) is 0 Å². The van der Waals surface area contributed by atoms with E-state index in [0.717, 1.165) is 26.2 Å². The van der Waals surface area contributed by atoms with Crippen LogP contribution in [0.25, 0.3) is 0 Å². The minimum absolute atomic E-state index is 0.394. The van der Waals surface area contributed by atoms with Gasteiger partial charge in [-0.1, -0.05) is 6.08 Å². The lowest BCUT2D eigenvalue weighted by Crippen LogP contribution is -2.42. The Hall–Kier alpha value is -0.380. The van der Waals surface area contributed by atoms with E-state index >= 15 is 0 Å². The first-order chi connectivity index (χ1) is 5.88. The predicted octanol–water partition coefficient (Wildman–Crippen LogP) is 0.126. The first kappa shape index (κ1) is 9.71. The molecule has 0 aliphatic carbocycles. The van der Waals surface area contributed by atoms with Crippen LogP contribution >= 0.6 is 0 Å². The number of ether oxygens (including phenoxy) is 1. The number of rotatable bonds is 5. The highest BCUT2D eigenvalue weighted by Crippen LogP contribution is 2.15. The zero-order valence-corrected chi connectivity index (χ0v) is 7.46. The molecule has 1 saturated heterocycles. The average molecular weight is 170 g/mol. The molecule has 0 saturated carbocycles. The monoisotopic (exact) mass is 170 g/mol. The van der Waals surface area contributed by atoms with Crippen molar-refractivity contribution in [3.8, 4) is 0 Å². The fraction of sp³-hybridized carbons (Fsp3) is 0.778. The van der Waals surface area contributed by atoms with E-state index in [-0.39, 0.29) is 0 Å². The summed E-state index contributed by atoms with van der Waals surface area (Å²) in [4.78, 5) is 0. The SMILES string of the molecule is C=CCNC(CN)C1CCOC1. The molecule has 3 nitrogen and oxygen atoms in total. The molecule has 1 aliphatic heterocycles. The van der Waals surface area contributed by atoms with E-state index in [9.17, 15) is 0 Å². The molecule has 70 valence electrons. The molecule has 1 aliphatic rings. The second-order valence-electron chi connectivity index (χ2n) is 3.16. The number of nitrogens with two attached hydrogens (primary N) is 1. The average Bonchev–Trinajstić information content (AvgIpc) is 2.59. The van der Waals surface area contributed by atoms with Gasteiger partial charge in [0.2, 0.25) is 0 Å².